The highest BCUT2D eigenvalue weighted by molar-refractivity contribution is 5.59. The van der Waals surface area contributed by atoms with Crippen LogP contribution in [-0.4, -0.2) is 18.1 Å². The van der Waals surface area contributed by atoms with Crippen LogP contribution < -0.4 is 9.80 Å². The van der Waals surface area contributed by atoms with Crippen molar-refractivity contribution in [2.75, 3.05) is 12.2 Å². The number of hydrogen-bond acceptors (Lipinski definition) is 4. The lowest BCUT2D eigenvalue weighted by atomic mass is 9.81. The van der Waals surface area contributed by atoms with E-state index in [1.165, 1.54) is 5.56 Å². The average Bonchev–Trinajstić information content (AvgIpc) is 2.81. The Kier molecular flexibility index (Phi) is 6.65. The van der Waals surface area contributed by atoms with Crippen LogP contribution in [0.15, 0.2) is 72.9 Å². The van der Waals surface area contributed by atoms with Crippen molar-refractivity contribution < 1.29 is 9.57 Å². The Morgan fingerprint density at radius 2 is 1.57 bits per heavy atom. The largest absolute Gasteiger partial charge is 0.493 e. The molecule has 3 aromatic rings. The van der Waals surface area contributed by atoms with E-state index in [1.807, 2.05) is 37.4 Å². The number of hydroxylamine groups is 1. The Labute approximate surface area is 179 Å². The number of methoxy groups -OCH3 is 1. The summed E-state index contributed by atoms with van der Waals surface area (Å²) < 4.78 is 5.71. The second-order valence-corrected chi connectivity index (χ2v) is 7.95. The topological polar surface area (TPSA) is 34.6 Å². The molecule has 0 unspecified atom stereocenters. The van der Waals surface area contributed by atoms with Crippen LogP contribution in [0.4, 0.5) is 5.69 Å². The minimum Gasteiger partial charge on any atom is -0.493 e. The fourth-order valence-electron chi connectivity index (χ4n) is 4.42. The Morgan fingerprint density at radius 1 is 0.900 bits per heavy atom. The zero-order valence-electron chi connectivity index (χ0n) is 17.8. The number of aromatic nitrogens is 1. The van der Waals surface area contributed by atoms with Crippen molar-refractivity contribution in [3.8, 4) is 5.75 Å². The Morgan fingerprint density at radius 3 is 2.23 bits per heavy atom. The molecule has 4 rings (SSSR count). The van der Waals surface area contributed by atoms with Gasteiger partial charge in [0.15, 0.2) is 5.75 Å². The quantitative estimate of drug-likeness (QED) is 0.450. The third-order valence-corrected chi connectivity index (χ3v) is 6.02. The van der Waals surface area contributed by atoms with Crippen molar-refractivity contribution >= 4 is 5.69 Å². The lowest BCUT2D eigenvalue weighted by Crippen LogP contribution is -2.38. The molecule has 30 heavy (non-hydrogen) atoms. The van der Waals surface area contributed by atoms with Gasteiger partial charge in [-0.2, -0.15) is 0 Å². The molecule has 4 nitrogen and oxygen atoms in total. The van der Waals surface area contributed by atoms with Gasteiger partial charge in [-0.3, -0.25) is 9.82 Å². The van der Waals surface area contributed by atoms with Crippen molar-refractivity contribution in [1.29, 1.82) is 0 Å². The van der Waals surface area contributed by atoms with Crippen molar-refractivity contribution in [3.05, 3.63) is 89.7 Å². The number of anilines is 1. The lowest BCUT2D eigenvalue weighted by molar-refractivity contribution is 0.0613. The summed E-state index contributed by atoms with van der Waals surface area (Å²) in [6, 6.07) is 23.5. The van der Waals surface area contributed by atoms with Crippen LogP contribution >= 0.6 is 0 Å². The third-order valence-electron chi connectivity index (χ3n) is 6.02. The molecule has 0 spiro atoms. The SMILES string of the molecule is COc1c(N(OCc2ccccc2)[C@H]2CC[C@@H](c3ccccc3)CC2)ccnc1C. The van der Waals surface area contributed by atoms with E-state index in [1.54, 1.807) is 7.11 Å². The van der Waals surface area contributed by atoms with Gasteiger partial charge in [-0.05, 0) is 55.7 Å². The summed E-state index contributed by atoms with van der Waals surface area (Å²) >= 11 is 0. The molecule has 4 heteroatoms. The molecule has 1 aliphatic carbocycles. The van der Waals surface area contributed by atoms with Crippen LogP contribution in [0.3, 0.4) is 0 Å². The van der Waals surface area contributed by atoms with Crippen molar-refractivity contribution in [3.63, 3.8) is 0 Å². The van der Waals surface area contributed by atoms with Crippen molar-refractivity contribution in [2.45, 2.75) is 51.2 Å². The summed E-state index contributed by atoms with van der Waals surface area (Å²) in [5, 5.41) is 2.09. The number of pyridine rings is 1. The maximum absolute atomic E-state index is 6.42. The van der Waals surface area contributed by atoms with Gasteiger partial charge < -0.3 is 4.74 Å². The van der Waals surface area contributed by atoms with Crippen LogP contribution in [0, 0.1) is 6.92 Å². The highest BCUT2D eigenvalue weighted by atomic mass is 16.7. The molecule has 0 amide bonds. The second-order valence-electron chi connectivity index (χ2n) is 7.95. The molecule has 0 aliphatic heterocycles. The molecule has 0 N–H and O–H groups in total. The molecular formula is C26H30N2O2. The highest BCUT2D eigenvalue weighted by Crippen LogP contribution is 2.39. The molecule has 1 heterocycles. The highest BCUT2D eigenvalue weighted by Gasteiger charge is 2.30. The standard InChI is InChI=1S/C26H30N2O2/c1-20-26(29-2)25(17-18-27-20)28(30-19-21-9-5-3-6-10-21)24-15-13-23(14-16-24)22-11-7-4-8-12-22/h3-12,17-18,23-24H,13-16,19H2,1-2H3/t23-,24+. The second kappa shape index (κ2) is 9.77. The molecule has 1 aromatic heterocycles. The summed E-state index contributed by atoms with van der Waals surface area (Å²) in [5.74, 6) is 1.41. The average molecular weight is 403 g/mol. The van der Waals surface area contributed by atoms with Gasteiger partial charge in [-0.1, -0.05) is 60.7 Å². The summed E-state index contributed by atoms with van der Waals surface area (Å²) in [4.78, 5) is 10.8. The normalized spacial score (nSPS) is 18.7. The van der Waals surface area contributed by atoms with Crippen LogP contribution in [0.5, 0.6) is 5.75 Å². The Hall–Kier alpha value is -2.85. The smallest absolute Gasteiger partial charge is 0.165 e. The monoisotopic (exact) mass is 402 g/mol. The Balaban J connectivity index is 1.54. The summed E-state index contributed by atoms with van der Waals surface area (Å²) in [6.45, 7) is 2.51. The number of aryl methyl sites for hydroxylation is 1. The van der Waals surface area contributed by atoms with Crippen LogP contribution in [0.2, 0.25) is 0 Å². The molecule has 0 atom stereocenters. The summed E-state index contributed by atoms with van der Waals surface area (Å²) in [6.07, 6.45) is 6.32. The maximum atomic E-state index is 6.42. The zero-order chi connectivity index (χ0) is 20.8. The van der Waals surface area contributed by atoms with Crippen molar-refractivity contribution in [2.24, 2.45) is 0 Å². The molecule has 2 aromatic carbocycles. The van der Waals surface area contributed by atoms with Crippen LogP contribution in [0.1, 0.15) is 48.4 Å². The first-order chi connectivity index (χ1) is 14.8. The summed E-state index contributed by atoms with van der Waals surface area (Å²) in [5.41, 5.74) is 4.45. The van der Waals surface area contributed by atoms with Crippen LogP contribution in [0.25, 0.3) is 0 Å². The lowest BCUT2D eigenvalue weighted by Gasteiger charge is -2.38. The number of rotatable bonds is 7. The molecule has 1 fully saturated rings. The minimum absolute atomic E-state index is 0.310. The predicted octanol–water partition coefficient (Wildman–Crippen LogP) is 6.06. The van der Waals surface area contributed by atoms with E-state index in [-0.39, 0.29) is 0 Å². The maximum Gasteiger partial charge on any atom is 0.165 e. The zero-order valence-corrected chi connectivity index (χ0v) is 17.8. The van der Waals surface area contributed by atoms with Crippen LogP contribution in [-0.2, 0) is 11.4 Å². The fraction of sp³-hybridized carbons (Fsp3) is 0.346. The van der Waals surface area contributed by atoms with Gasteiger partial charge in [-0.15, -0.1) is 0 Å². The van der Waals surface area contributed by atoms with Gasteiger partial charge in [-0.25, -0.2) is 5.06 Å². The molecule has 156 valence electrons. The first-order valence-corrected chi connectivity index (χ1v) is 10.8. The number of nitrogens with zero attached hydrogens (tertiary/aromatic N) is 2. The Bertz CT molecular complexity index is 922. The number of ether oxygens (including phenoxy) is 1. The molecule has 0 radical (unpaired) electrons. The minimum atomic E-state index is 0.310. The molecule has 0 bridgehead atoms. The molecule has 1 aliphatic rings. The van der Waals surface area contributed by atoms with Gasteiger partial charge in [0.25, 0.3) is 0 Å². The predicted molar refractivity (Wildman–Crippen MR) is 121 cm³/mol. The van der Waals surface area contributed by atoms with Gasteiger partial charge in [0.05, 0.1) is 25.5 Å². The number of benzene rings is 2. The molecular weight excluding hydrogens is 372 g/mol. The van der Waals surface area contributed by atoms with Gasteiger partial charge in [0.1, 0.15) is 5.69 Å². The van der Waals surface area contributed by atoms with E-state index in [0.29, 0.717) is 18.6 Å². The van der Waals surface area contributed by atoms with Gasteiger partial charge in [0.2, 0.25) is 0 Å². The first kappa shape index (κ1) is 20.4. The van der Waals surface area contributed by atoms with E-state index >= 15 is 0 Å². The summed E-state index contributed by atoms with van der Waals surface area (Å²) in [7, 11) is 1.70. The van der Waals surface area contributed by atoms with Gasteiger partial charge in [0, 0.05) is 6.20 Å². The van der Waals surface area contributed by atoms with E-state index < -0.39 is 0 Å². The van der Waals surface area contributed by atoms with E-state index in [9.17, 15) is 0 Å². The van der Waals surface area contributed by atoms with E-state index in [0.717, 1.165) is 48.4 Å². The molecule has 0 saturated heterocycles. The fourth-order valence-corrected chi connectivity index (χ4v) is 4.42. The molecule has 1 saturated carbocycles. The number of hydrogen-bond donors (Lipinski definition) is 0. The van der Waals surface area contributed by atoms with E-state index in [4.69, 9.17) is 9.57 Å². The van der Waals surface area contributed by atoms with Crippen molar-refractivity contribution in [1.82, 2.24) is 4.98 Å². The first-order valence-electron chi connectivity index (χ1n) is 10.8. The van der Waals surface area contributed by atoms with Gasteiger partial charge >= 0.3 is 0 Å². The van der Waals surface area contributed by atoms with E-state index in [2.05, 4.69) is 52.5 Å². The third kappa shape index (κ3) is 4.65.